The number of hydrogen-bond acceptors (Lipinski definition) is 15. The molecule has 0 aliphatic heterocycles. The smallest absolute Gasteiger partial charge is 0.462 e. The number of carbonyl (C=O) groups is 4. The molecule has 0 aromatic heterocycles. The zero-order valence-corrected chi connectivity index (χ0v) is 74.2. The number of aliphatic hydroxyl groups is 1. The van der Waals surface area contributed by atoms with Gasteiger partial charge in [0.25, 0.3) is 0 Å². The molecule has 0 fully saturated rings. The molecule has 5 atom stereocenters. The summed E-state index contributed by atoms with van der Waals surface area (Å²) in [6.45, 7) is 7.38. The van der Waals surface area contributed by atoms with Crippen molar-refractivity contribution in [2.45, 2.75) is 515 Å². The highest BCUT2D eigenvalue weighted by atomic mass is 31.2. The lowest BCUT2D eigenvalue weighted by molar-refractivity contribution is -0.161. The highest BCUT2D eigenvalue weighted by Gasteiger charge is 2.31. The van der Waals surface area contributed by atoms with E-state index < -0.39 is 97.5 Å². The molecular formula is C91H178O17P2. The average Bonchev–Trinajstić information content (AvgIpc) is 0.898. The topological polar surface area (TPSA) is 237 Å². The molecule has 0 aromatic rings. The number of phosphoric ester groups is 2. The second-order valence-corrected chi connectivity index (χ2v) is 36.1. The van der Waals surface area contributed by atoms with E-state index >= 15 is 0 Å². The summed E-state index contributed by atoms with van der Waals surface area (Å²) in [4.78, 5) is 73.4. The monoisotopic (exact) mass is 1610 g/mol. The van der Waals surface area contributed by atoms with Crippen LogP contribution in [0, 0.1) is 5.92 Å². The van der Waals surface area contributed by atoms with E-state index in [2.05, 4.69) is 34.6 Å². The Bertz CT molecular complexity index is 2080. The molecule has 110 heavy (non-hydrogen) atoms. The first-order valence-electron chi connectivity index (χ1n) is 47.1. The molecule has 0 amide bonds. The Morgan fingerprint density at radius 3 is 0.618 bits per heavy atom. The average molecular weight is 1610 g/mol. The molecule has 0 rings (SSSR count). The summed E-state index contributed by atoms with van der Waals surface area (Å²) in [5.41, 5.74) is 0. The Morgan fingerprint density at radius 2 is 0.418 bits per heavy atom. The summed E-state index contributed by atoms with van der Waals surface area (Å²) in [6.07, 6.45) is 79.3. The summed E-state index contributed by atoms with van der Waals surface area (Å²) in [5, 5.41) is 10.7. The van der Waals surface area contributed by atoms with Gasteiger partial charge >= 0.3 is 39.5 Å². The van der Waals surface area contributed by atoms with E-state index in [1.54, 1.807) is 0 Å². The van der Waals surface area contributed by atoms with Gasteiger partial charge in [-0.05, 0) is 31.6 Å². The van der Waals surface area contributed by atoms with Crippen LogP contribution in [-0.2, 0) is 65.4 Å². The van der Waals surface area contributed by atoms with E-state index in [4.69, 9.17) is 37.0 Å². The molecule has 0 aliphatic carbocycles. The molecule has 3 N–H and O–H groups in total. The first-order valence-corrected chi connectivity index (χ1v) is 50.1. The van der Waals surface area contributed by atoms with Crippen molar-refractivity contribution >= 4 is 39.5 Å². The van der Waals surface area contributed by atoms with E-state index in [0.717, 1.165) is 95.8 Å². The van der Waals surface area contributed by atoms with Gasteiger partial charge in [0, 0.05) is 25.7 Å². The van der Waals surface area contributed by atoms with Crippen molar-refractivity contribution in [2.75, 3.05) is 39.6 Å². The third-order valence-corrected chi connectivity index (χ3v) is 23.4. The normalized spacial score (nSPS) is 13.7. The molecule has 0 radical (unpaired) electrons. The van der Waals surface area contributed by atoms with Crippen molar-refractivity contribution in [3.8, 4) is 0 Å². The number of hydrogen-bond donors (Lipinski definition) is 3. The minimum Gasteiger partial charge on any atom is -0.462 e. The molecule has 0 heterocycles. The lowest BCUT2D eigenvalue weighted by Crippen LogP contribution is -2.30. The van der Waals surface area contributed by atoms with Gasteiger partial charge in [0.2, 0.25) is 0 Å². The van der Waals surface area contributed by atoms with Crippen molar-refractivity contribution in [3.05, 3.63) is 0 Å². The van der Waals surface area contributed by atoms with Crippen LogP contribution in [0.3, 0.4) is 0 Å². The number of phosphoric acid groups is 2. The Hall–Kier alpha value is -1.94. The zero-order valence-electron chi connectivity index (χ0n) is 72.4. The van der Waals surface area contributed by atoms with E-state index in [1.807, 2.05) is 0 Å². The van der Waals surface area contributed by atoms with Crippen LogP contribution in [0.1, 0.15) is 497 Å². The van der Waals surface area contributed by atoms with Gasteiger partial charge in [-0.25, -0.2) is 9.13 Å². The van der Waals surface area contributed by atoms with E-state index in [0.29, 0.717) is 25.7 Å². The zero-order chi connectivity index (χ0) is 80.4. The highest BCUT2D eigenvalue weighted by molar-refractivity contribution is 7.47. The van der Waals surface area contributed by atoms with Gasteiger partial charge in [-0.15, -0.1) is 0 Å². The highest BCUT2D eigenvalue weighted by Crippen LogP contribution is 2.45. The van der Waals surface area contributed by atoms with Crippen molar-refractivity contribution in [2.24, 2.45) is 5.92 Å². The van der Waals surface area contributed by atoms with Crippen LogP contribution in [0.5, 0.6) is 0 Å². The van der Waals surface area contributed by atoms with Gasteiger partial charge in [0.05, 0.1) is 26.4 Å². The molecule has 2 unspecified atom stereocenters. The van der Waals surface area contributed by atoms with E-state index in [1.165, 1.54) is 321 Å². The molecule has 0 saturated carbocycles. The van der Waals surface area contributed by atoms with Crippen LogP contribution in [0.4, 0.5) is 0 Å². The molecule has 0 bridgehead atoms. The van der Waals surface area contributed by atoms with Crippen LogP contribution in [-0.4, -0.2) is 96.7 Å². The van der Waals surface area contributed by atoms with E-state index in [-0.39, 0.29) is 25.7 Å². The molecule has 0 saturated heterocycles. The van der Waals surface area contributed by atoms with Gasteiger partial charge in [0.15, 0.2) is 12.2 Å². The van der Waals surface area contributed by atoms with Crippen molar-refractivity contribution in [3.63, 3.8) is 0 Å². The number of aliphatic hydroxyl groups excluding tert-OH is 1. The largest absolute Gasteiger partial charge is 0.472 e. The predicted molar refractivity (Wildman–Crippen MR) is 455 cm³/mol. The standard InChI is InChI=1S/C91H178O17P2/c1-6-9-12-15-18-21-24-27-30-33-35-36-37-39-42-45-48-51-56-62-67-72-77-90(95)107-86(80-101-88(93)74-69-64-59-54-49-46-43-41-38-34-31-28-25-22-19-16-13-10-7-2)82-105-109(97,98)103-78-85(92)79-104-110(99,100)106-83-87(81-102-89(94)75-70-65-60-57-52-53-58-63-68-73-84(4)5)108-91(96)76-71-66-61-55-50-47-44-40-32-29-26-23-20-17-14-11-8-3/h84-87,92H,6-83H2,1-5H3,(H,97,98)(H,99,100)/t85-,86-,87-/m1/s1. The van der Waals surface area contributed by atoms with Crippen molar-refractivity contribution in [1.82, 2.24) is 0 Å². The quantitative estimate of drug-likeness (QED) is 0.0222. The fourth-order valence-electron chi connectivity index (χ4n) is 14.4. The fraction of sp³-hybridized carbons (Fsp3) is 0.956. The minimum absolute atomic E-state index is 0.109. The minimum atomic E-state index is -4.97. The van der Waals surface area contributed by atoms with Crippen LogP contribution in [0.25, 0.3) is 0 Å². The third-order valence-electron chi connectivity index (χ3n) is 21.5. The number of ether oxygens (including phenoxy) is 4. The van der Waals surface area contributed by atoms with Crippen molar-refractivity contribution < 1.29 is 80.2 Å². The number of rotatable bonds is 91. The predicted octanol–water partition coefficient (Wildman–Crippen LogP) is 28.3. The van der Waals surface area contributed by atoms with Crippen LogP contribution >= 0.6 is 15.6 Å². The molecule has 0 aromatic carbocycles. The number of unbranched alkanes of at least 4 members (excludes halogenated alkanes) is 63. The first kappa shape index (κ1) is 108. The van der Waals surface area contributed by atoms with Crippen LogP contribution in [0.15, 0.2) is 0 Å². The summed E-state index contributed by atoms with van der Waals surface area (Å²) in [5.74, 6) is -1.35. The van der Waals surface area contributed by atoms with Gasteiger partial charge in [0.1, 0.15) is 19.3 Å². The lowest BCUT2D eigenvalue weighted by atomic mass is 10.0. The SMILES string of the molecule is CCCCCCCCCCCCCCCCCCCCCCCCC(=O)O[C@H](COC(=O)CCCCCCCCCCCCCCCCCCCCC)COP(=O)(O)OC[C@@H](O)COP(=O)(O)OC[C@@H](COC(=O)CCCCCCCCCCCC(C)C)OC(=O)CCCCCCCCCCCCCCCCCCC. The Labute approximate surface area is 677 Å². The lowest BCUT2D eigenvalue weighted by Gasteiger charge is -2.21. The second kappa shape index (κ2) is 83.5. The summed E-state index contributed by atoms with van der Waals surface area (Å²) in [7, 11) is -9.94. The molecule has 654 valence electrons. The maximum atomic E-state index is 13.2. The van der Waals surface area contributed by atoms with E-state index in [9.17, 15) is 43.2 Å². The Balaban J connectivity index is 5.24. The van der Waals surface area contributed by atoms with Crippen LogP contribution < -0.4 is 0 Å². The summed E-state index contributed by atoms with van der Waals surface area (Å²) >= 11 is 0. The Kier molecular flexibility index (Phi) is 82.1. The molecule has 19 heteroatoms. The Morgan fingerprint density at radius 1 is 0.245 bits per heavy atom. The van der Waals surface area contributed by atoms with Crippen molar-refractivity contribution in [1.29, 1.82) is 0 Å². The summed E-state index contributed by atoms with van der Waals surface area (Å²) in [6, 6.07) is 0. The fourth-order valence-corrected chi connectivity index (χ4v) is 15.9. The van der Waals surface area contributed by atoms with Gasteiger partial charge in [-0.1, -0.05) is 446 Å². The number of carbonyl (C=O) groups excluding carboxylic acids is 4. The maximum absolute atomic E-state index is 13.2. The molecule has 0 spiro atoms. The molecular weight excluding hydrogens is 1430 g/mol. The van der Waals surface area contributed by atoms with Gasteiger partial charge in [-0.2, -0.15) is 0 Å². The second-order valence-electron chi connectivity index (χ2n) is 33.2. The molecule has 0 aliphatic rings. The van der Waals surface area contributed by atoms with Gasteiger partial charge in [-0.3, -0.25) is 37.3 Å². The third kappa shape index (κ3) is 84.0. The van der Waals surface area contributed by atoms with Crippen LogP contribution in [0.2, 0.25) is 0 Å². The van der Waals surface area contributed by atoms with Gasteiger partial charge < -0.3 is 33.8 Å². The number of esters is 4. The molecule has 17 nitrogen and oxygen atoms in total. The summed E-state index contributed by atoms with van der Waals surface area (Å²) < 4.78 is 69.1. The maximum Gasteiger partial charge on any atom is 0.472 e. The first-order chi connectivity index (χ1) is 53.5.